The van der Waals surface area contributed by atoms with Crippen LogP contribution in [0, 0.1) is 0 Å². The molecule has 0 spiro atoms. The highest BCUT2D eigenvalue weighted by atomic mass is 32.1. The van der Waals surface area contributed by atoms with Gasteiger partial charge in [-0.25, -0.2) is 15.0 Å². The number of nitrogens with two attached hydrogens (primary N) is 1. The molecule has 0 radical (unpaired) electrons. The van der Waals surface area contributed by atoms with Gasteiger partial charge in [-0.05, 0) is 11.5 Å². The maximum atomic E-state index is 5.55. The Morgan fingerprint density at radius 1 is 1.35 bits per heavy atom. The van der Waals surface area contributed by atoms with Crippen molar-refractivity contribution in [3.05, 3.63) is 33.4 Å². The molecule has 0 aliphatic rings. The first-order chi connectivity index (χ1) is 11.0. The summed E-state index contributed by atoms with van der Waals surface area (Å²) in [5, 5.41) is 7.95. The molecule has 6 nitrogen and oxygen atoms in total. The van der Waals surface area contributed by atoms with E-state index >= 15 is 0 Å². The average molecular weight is 346 g/mol. The molecule has 0 aliphatic heterocycles. The molecule has 8 heteroatoms. The van der Waals surface area contributed by atoms with E-state index in [0.29, 0.717) is 12.4 Å². The Bertz CT molecular complexity index is 843. The fraction of sp³-hybridized carbons (Fsp3) is 0.333. The molecule has 120 valence electrons. The third-order valence-electron chi connectivity index (χ3n) is 3.19. The van der Waals surface area contributed by atoms with Crippen LogP contribution in [-0.4, -0.2) is 21.2 Å². The van der Waals surface area contributed by atoms with Gasteiger partial charge in [-0.2, -0.15) is 5.10 Å². The maximum absolute atomic E-state index is 5.55. The molecule has 3 rings (SSSR count). The van der Waals surface area contributed by atoms with Crippen molar-refractivity contribution in [3.63, 3.8) is 0 Å². The number of hydrazone groups is 1. The fourth-order valence-corrected chi connectivity index (χ4v) is 3.68. The second-order valence-corrected chi connectivity index (χ2v) is 7.97. The van der Waals surface area contributed by atoms with Crippen molar-refractivity contribution in [1.29, 1.82) is 0 Å². The predicted molar refractivity (Wildman–Crippen MR) is 97.3 cm³/mol. The molecule has 0 amide bonds. The van der Waals surface area contributed by atoms with Crippen LogP contribution in [0.2, 0.25) is 0 Å². The normalized spacial score (nSPS) is 12.3. The molecule has 23 heavy (non-hydrogen) atoms. The first-order valence-corrected chi connectivity index (χ1v) is 8.85. The molecule has 0 saturated heterocycles. The van der Waals surface area contributed by atoms with Crippen LogP contribution < -0.4 is 11.2 Å². The van der Waals surface area contributed by atoms with E-state index in [1.807, 2.05) is 5.38 Å². The van der Waals surface area contributed by atoms with Crippen molar-refractivity contribution in [3.8, 4) is 0 Å². The molecular formula is C15H18N6S2. The molecule has 0 bridgehead atoms. The van der Waals surface area contributed by atoms with Crippen LogP contribution >= 0.6 is 22.7 Å². The highest BCUT2D eigenvalue weighted by Crippen LogP contribution is 2.35. The van der Waals surface area contributed by atoms with Gasteiger partial charge in [0.15, 0.2) is 5.82 Å². The number of rotatable bonds is 4. The zero-order valence-electron chi connectivity index (χ0n) is 13.2. The number of aromatic nitrogens is 3. The van der Waals surface area contributed by atoms with Crippen molar-refractivity contribution in [2.24, 2.45) is 10.8 Å². The highest BCUT2D eigenvalue weighted by Gasteiger charge is 2.18. The van der Waals surface area contributed by atoms with Crippen molar-refractivity contribution >= 4 is 44.9 Å². The molecule has 0 atom stereocenters. The van der Waals surface area contributed by atoms with E-state index in [9.17, 15) is 0 Å². The van der Waals surface area contributed by atoms with Gasteiger partial charge in [0.05, 0.1) is 17.3 Å². The molecule has 3 aromatic rings. The zero-order chi connectivity index (χ0) is 16.4. The highest BCUT2D eigenvalue weighted by molar-refractivity contribution is 7.18. The minimum atomic E-state index is 0.0887. The lowest BCUT2D eigenvalue weighted by Crippen LogP contribution is -2.07. The predicted octanol–water partition coefficient (Wildman–Crippen LogP) is 3.35. The second kappa shape index (κ2) is 6.31. The number of thiophene rings is 1. The Labute approximate surface area is 142 Å². The standard InChI is InChI=1S/C15H18N6S2/c1-15(2,3)11-4-10-13(17-8-18-14(10)23-11)21-19-6-12-20-9(5-16)7-22-12/h4,6-8H,5,16H2,1-3H3,(H,17,18,21)/b19-6+. The molecule has 3 N–H and O–H groups in total. The van der Waals surface area contributed by atoms with E-state index in [0.717, 1.165) is 20.9 Å². The summed E-state index contributed by atoms with van der Waals surface area (Å²) in [5.41, 5.74) is 9.50. The number of hydrogen-bond donors (Lipinski definition) is 2. The lowest BCUT2D eigenvalue weighted by molar-refractivity contribution is 0.604. The van der Waals surface area contributed by atoms with Crippen LogP contribution in [0.25, 0.3) is 10.2 Å². The Hall–Kier alpha value is -1.90. The van der Waals surface area contributed by atoms with Gasteiger partial charge in [-0.15, -0.1) is 22.7 Å². The Morgan fingerprint density at radius 2 is 2.17 bits per heavy atom. The molecule has 3 aromatic heterocycles. The summed E-state index contributed by atoms with van der Waals surface area (Å²) in [6.45, 7) is 7.00. The number of nitrogens with one attached hydrogen (secondary N) is 1. The first kappa shape index (κ1) is 16.0. The summed E-state index contributed by atoms with van der Waals surface area (Å²) in [6.07, 6.45) is 3.23. The third-order valence-corrected chi connectivity index (χ3v) is 5.49. The van der Waals surface area contributed by atoms with Gasteiger partial charge in [-0.1, -0.05) is 20.8 Å². The minimum Gasteiger partial charge on any atom is -0.325 e. The van der Waals surface area contributed by atoms with Gasteiger partial charge in [0, 0.05) is 16.8 Å². The summed E-state index contributed by atoms with van der Waals surface area (Å²) in [6, 6.07) is 2.13. The third kappa shape index (κ3) is 3.54. The largest absolute Gasteiger partial charge is 0.325 e. The van der Waals surface area contributed by atoms with Gasteiger partial charge in [0.2, 0.25) is 0 Å². The van der Waals surface area contributed by atoms with Gasteiger partial charge >= 0.3 is 0 Å². The molecule has 0 saturated carbocycles. The lowest BCUT2D eigenvalue weighted by Gasteiger charge is -2.14. The maximum Gasteiger partial charge on any atom is 0.158 e. The number of nitrogens with zero attached hydrogens (tertiary/aromatic N) is 4. The quantitative estimate of drug-likeness (QED) is 0.558. The summed E-state index contributed by atoms with van der Waals surface area (Å²) in [7, 11) is 0. The number of anilines is 1. The molecular weight excluding hydrogens is 328 g/mol. The first-order valence-electron chi connectivity index (χ1n) is 7.16. The van der Waals surface area contributed by atoms with Crippen molar-refractivity contribution < 1.29 is 0 Å². The average Bonchev–Trinajstić information content (AvgIpc) is 3.13. The van der Waals surface area contributed by atoms with E-state index < -0.39 is 0 Å². The summed E-state index contributed by atoms with van der Waals surface area (Å²) < 4.78 is 0. The number of hydrogen-bond acceptors (Lipinski definition) is 8. The summed E-state index contributed by atoms with van der Waals surface area (Å²) >= 11 is 3.20. The van der Waals surface area contributed by atoms with E-state index in [1.165, 1.54) is 16.2 Å². The Kier molecular flexibility index (Phi) is 4.38. The van der Waals surface area contributed by atoms with Gasteiger partial charge < -0.3 is 5.73 Å². The van der Waals surface area contributed by atoms with Crippen molar-refractivity contribution in [1.82, 2.24) is 15.0 Å². The van der Waals surface area contributed by atoms with Crippen LogP contribution in [0.3, 0.4) is 0 Å². The van der Waals surface area contributed by atoms with E-state index in [-0.39, 0.29) is 5.41 Å². The molecule has 0 fully saturated rings. The lowest BCUT2D eigenvalue weighted by atomic mass is 9.94. The van der Waals surface area contributed by atoms with E-state index in [1.54, 1.807) is 23.9 Å². The second-order valence-electron chi connectivity index (χ2n) is 6.05. The molecule has 0 aliphatic carbocycles. The van der Waals surface area contributed by atoms with E-state index in [4.69, 9.17) is 5.73 Å². The molecule has 3 heterocycles. The number of thiazole rings is 1. The monoisotopic (exact) mass is 346 g/mol. The smallest absolute Gasteiger partial charge is 0.158 e. The van der Waals surface area contributed by atoms with Crippen LogP contribution in [0.5, 0.6) is 0 Å². The summed E-state index contributed by atoms with van der Waals surface area (Å²) in [5.74, 6) is 0.702. The van der Waals surface area contributed by atoms with Gasteiger partial charge in [-0.3, -0.25) is 5.43 Å². The fourth-order valence-electron chi connectivity index (χ4n) is 1.94. The van der Waals surface area contributed by atoms with Crippen LogP contribution in [0.1, 0.15) is 36.3 Å². The number of fused-ring (bicyclic) bond motifs is 1. The molecule has 0 unspecified atom stereocenters. The Morgan fingerprint density at radius 3 is 2.87 bits per heavy atom. The zero-order valence-corrected chi connectivity index (χ0v) is 14.8. The van der Waals surface area contributed by atoms with E-state index in [2.05, 4.69) is 52.3 Å². The van der Waals surface area contributed by atoms with Crippen molar-refractivity contribution in [2.75, 3.05) is 5.43 Å². The summed E-state index contributed by atoms with van der Waals surface area (Å²) in [4.78, 5) is 15.2. The van der Waals surface area contributed by atoms with Crippen LogP contribution in [0.4, 0.5) is 5.82 Å². The van der Waals surface area contributed by atoms with Crippen LogP contribution in [-0.2, 0) is 12.0 Å². The van der Waals surface area contributed by atoms with Gasteiger partial charge in [0.25, 0.3) is 0 Å². The Balaban J connectivity index is 1.83. The van der Waals surface area contributed by atoms with Crippen LogP contribution in [0.15, 0.2) is 22.9 Å². The van der Waals surface area contributed by atoms with Crippen molar-refractivity contribution in [2.45, 2.75) is 32.7 Å². The SMILES string of the molecule is CC(C)(C)c1cc2c(N/N=C/c3nc(CN)cs3)ncnc2s1. The minimum absolute atomic E-state index is 0.0887. The molecule has 0 aromatic carbocycles. The topological polar surface area (TPSA) is 89.1 Å². The van der Waals surface area contributed by atoms with Gasteiger partial charge in [0.1, 0.15) is 16.2 Å².